The molecule has 3 N–H and O–H groups in total. The Hall–Kier alpha value is -2.84. The monoisotopic (exact) mass is 404 g/mol. The molecule has 0 bridgehead atoms. The second-order valence-electron chi connectivity index (χ2n) is 5.81. The van der Waals surface area contributed by atoms with Gasteiger partial charge in [-0.3, -0.25) is 25.2 Å². The average Bonchev–Trinajstić information content (AvgIpc) is 3.21. The molecule has 0 fully saturated rings. The normalized spacial score (nSPS) is 10.6. The van der Waals surface area contributed by atoms with Crippen molar-refractivity contribution in [3.05, 3.63) is 58.2 Å². The maximum absolute atomic E-state index is 12.3. The van der Waals surface area contributed by atoms with Crippen LogP contribution in [0.25, 0.3) is 10.1 Å². The molecule has 27 heavy (non-hydrogen) atoms. The Morgan fingerprint density at radius 1 is 1.07 bits per heavy atom. The van der Waals surface area contributed by atoms with Gasteiger partial charge in [0.15, 0.2) is 0 Å². The van der Waals surface area contributed by atoms with Crippen molar-refractivity contribution >= 4 is 50.7 Å². The molecule has 9 heteroatoms. The molecular weight excluding hydrogens is 388 g/mol. The standard InChI is InChI=1S/C18H17ClN4O3S/c1-23-8-4-5-11(23)9-14(24)21-22-15(25)10-20-18(26)17-16(19)12-6-2-3-7-13(12)27-17/h2-8H,9-10H2,1H3,(H,20,26)(H,21,24)(H,22,25). The number of thiophene rings is 1. The third-order valence-corrected chi connectivity index (χ3v) is 5.56. The second kappa shape index (κ2) is 8.24. The van der Waals surface area contributed by atoms with Crippen LogP contribution < -0.4 is 16.2 Å². The predicted octanol–water partition coefficient (Wildman–Crippen LogP) is 2.01. The number of amides is 3. The molecule has 0 aliphatic carbocycles. The molecule has 0 aliphatic heterocycles. The Morgan fingerprint density at radius 3 is 2.52 bits per heavy atom. The number of hydrazine groups is 1. The van der Waals surface area contributed by atoms with E-state index in [-0.39, 0.29) is 18.9 Å². The van der Waals surface area contributed by atoms with Crippen LogP contribution in [0.2, 0.25) is 5.02 Å². The summed E-state index contributed by atoms with van der Waals surface area (Å²) in [5.41, 5.74) is 5.40. The summed E-state index contributed by atoms with van der Waals surface area (Å²) in [6.07, 6.45) is 1.96. The van der Waals surface area contributed by atoms with E-state index in [1.807, 2.05) is 54.2 Å². The molecule has 2 heterocycles. The molecule has 0 saturated heterocycles. The molecule has 1 aromatic carbocycles. The first-order valence-corrected chi connectivity index (χ1v) is 9.28. The van der Waals surface area contributed by atoms with Crippen LogP contribution in [-0.4, -0.2) is 28.8 Å². The van der Waals surface area contributed by atoms with Crippen molar-refractivity contribution in [3.63, 3.8) is 0 Å². The number of aryl methyl sites for hydroxylation is 1. The van der Waals surface area contributed by atoms with Gasteiger partial charge >= 0.3 is 0 Å². The van der Waals surface area contributed by atoms with Gasteiger partial charge in [0.25, 0.3) is 11.8 Å². The van der Waals surface area contributed by atoms with E-state index in [1.54, 1.807) is 0 Å². The van der Waals surface area contributed by atoms with Gasteiger partial charge < -0.3 is 9.88 Å². The average molecular weight is 405 g/mol. The Balaban J connectivity index is 1.48. The zero-order valence-corrected chi connectivity index (χ0v) is 16.0. The van der Waals surface area contributed by atoms with Gasteiger partial charge in [-0.25, -0.2) is 0 Å². The number of rotatable bonds is 5. The molecule has 0 aliphatic rings. The van der Waals surface area contributed by atoms with Gasteiger partial charge in [-0.15, -0.1) is 11.3 Å². The van der Waals surface area contributed by atoms with Crippen molar-refractivity contribution in [2.75, 3.05) is 6.54 Å². The lowest BCUT2D eigenvalue weighted by atomic mass is 10.2. The van der Waals surface area contributed by atoms with Crippen LogP contribution in [-0.2, 0) is 23.1 Å². The third-order valence-electron chi connectivity index (χ3n) is 3.88. The smallest absolute Gasteiger partial charge is 0.263 e. The highest BCUT2D eigenvalue weighted by Crippen LogP contribution is 2.34. The molecule has 140 valence electrons. The SMILES string of the molecule is Cn1cccc1CC(=O)NNC(=O)CNC(=O)c1sc2ccccc2c1Cl. The number of carbonyl (C=O) groups is 3. The minimum absolute atomic E-state index is 0.132. The highest BCUT2D eigenvalue weighted by Gasteiger charge is 2.17. The summed E-state index contributed by atoms with van der Waals surface area (Å²) in [7, 11) is 1.83. The fourth-order valence-corrected chi connectivity index (χ4v) is 3.91. The largest absolute Gasteiger partial charge is 0.354 e. The van der Waals surface area contributed by atoms with E-state index in [9.17, 15) is 14.4 Å². The van der Waals surface area contributed by atoms with Crippen molar-refractivity contribution in [1.29, 1.82) is 0 Å². The number of halogens is 1. The summed E-state index contributed by atoms with van der Waals surface area (Å²) in [4.78, 5) is 36.3. The van der Waals surface area contributed by atoms with E-state index >= 15 is 0 Å². The van der Waals surface area contributed by atoms with Crippen LogP contribution in [0, 0.1) is 0 Å². The fraction of sp³-hybridized carbons (Fsp3) is 0.167. The number of benzene rings is 1. The molecule has 0 atom stereocenters. The summed E-state index contributed by atoms with van der Waals surface area (Å²) in [6.45, 7) is -0.284. The molecular formula is C18H17ClN4O3S. The molecule has 0 saturated carbocycles. The number of nitrogens with zero attached hydrogens (tertiary/aromatic N) is 1. The Labute approximate surface area is 164 Å². The maximum Gasteiger partial charge on any atom is 0.263 e. The molecule has 3 aromatic rings. The summed E-state index contributed by atoms with van der Waals surface area (Å²) in [6, 6.07) is 11.1. The van der Waals surface area contributed by atoms with Gasteiger partial charge in [-0.1, -0.05) is 29.8 Å². The lowest BCUT2D eigenvalue weighted by Crippen LogP contribution is -2.46. The summed E-state index contributed by atoms with van der Waals surface area (Å²) in [5.74, 6) is -1.34. The van der Waals surface area contributed by atoms with Crippen LogP contribution in [0.3, 0.4) is 0 Å². The summed E-state index contributed by atoms with van der Waals surface area (Å²) < 4.78 is 2.71. The van der Waals surface area contributed by atoms with E-state index < -0.39 is 11.8 Å². The Bertz CT molecular complexity index is 1010. The highest BCUT2D eigenvalue weighted by molar-refractivity contribution is 7.21. The molecule has 3 rings (SSSR count). The van der Waals surface area contributed by atoms with Gasteiger partial charge in [-0.2, -0.15) is 0 Å². The minimum Gasteiger partial charge on any atom is -0.354 e. The quantitative estimate of drug-likeness (QED) is 0.568. The van der Waals surface area contributed by atoms with Crippen LogP contribution in [0.15, 0.2) is 42.6 Å². The Morgan fingerprint density at radius 2 is 1.81 bits per heavy atom. The number of hydrogen-bond acceptors (Lipinski definition) is 4. The topological polar surface area (TPSA) is 92.2 Å². The zero-order valence-electron chi connectivity index (χ0n) is 14.4. The first kappa shape index (κ1) is 18.9. The van der Waals surface area contributed by atoms with Gasteiger partial charge in [0, 0.05) is 29.0 Å². The lowest BCUT2D eigenvalue weighted by molar-refractivity contribution is -0.128. The summed E-state index contributed by atoms with van der Waals surface area (Å²) in [5, 5.41) is 3.66. The van der Waals surface area contributed by atoms with E-state index in [0.717, 1.165) is 15.8 Å². The summed E-state index contributed by atoms with van der Waals surface area (Å²) >= 11 is 7.50. The fourth-order valence-electron chi connectivity index (χ4n) is 2.47. The molecule has 0 spiro atoms. The molecule has 3 amide bonds. The number of fused-ring (bicyclic) bond motifs is 1. The van der Waals surface area contributed by atoms with Crippen molar-refractivity contribution in [2.24, 2.45) is 7.05 Å². The van der Waals surface area contributed by atoms with Gasteiger partial charge in [0.1, 0.15) is 4.88 Å². The van der Waals surface area contributed by atoms with Crippen molar-refractivity contribution in [1.82, 2.24) is 20.7 Å². The van der Waals surface area contributed by atoms with Crippen LogP contribution in [0.4, 0.5) is 0 Å². The Kier molecular flexibility index (Phi) is 5.78. The first-order chi connectivity index (χ1) is 13.0. The molecule has 0 unspecified atom stereocenters. The van der Waals surface area contributed by atoms with Crippen LogP contribution in [0.5, 0.6) is 0 Å². The zero-order chi connectivity index (χ0) is 19.4. The predicted molar refractivity (Wildman–Crippen MR) is 105 cm³/mol. The molecule has 7 nitrogen and oxygen atoms in total. The first-order valence-electron chi connectivity index (χ1n) is 8.09. The highest BCUT2D eigenvalue weighted by atomic mass is 35.5. The maximum atomic E-state index is 12.3. The van der Waals surface area contributed by atoms with Gasteiger partial charge in [0.2, 0.25) is 5.91 Å². The van der Waals surface area contributed by atoms with E-state index in [2.05, 4.69) is 16.2 Å². The van der Waals surface area contributed by atoms with Crippen molar-refractivity contribution < 1.29 is 14.4 Å². The van der Waals surface area contributed by atoms with E-state index in [0.29, 0.717) is 9.90 Å². The van der Waals surface area contributed by atoms with Gasteiger partial charge in [-0.05, 0) is 18.2 Å². The molecule has 0 radical (unpaired) electrons. The number of carbonyl (C=O) groups excluding carboxylic acids is 3. The van der Waals surface area contributed by atoms with E-state index in [1.165, 1.54) is 11.3 Å². The van der Waals surface area contributed by atoms with Crippen LogP contribution >= 0.6 is 22.9 Å². The number of hydrogen-bond donors (Lipinski definition) is 3. The van der Waals surface area contributed by atoms with Crippen molar-refractivity contribution in [3.8, 4) is 0 Å². The van der Waals surface area contributed by atoms with Crippen LogP contribution in [0.1, 0.15) is 15.4 Å². The lowest BCUT2D eigenvalue weighted by Gasteiger charge is -2.08. The second-order valence-corrected chi connectivity index (χ2v) is 7.24. The van der Waals surface area contributed by atoms with Gasteiger partial charge in [0.05, 0.1) is 18.0 Å². The number of nitrogens with one attached hydrogen (secondary N) is 3. The third kappa shape index (κ3) is 4.47. The molecule has 2 aromatic heterocycles. The van der Waals surface area contributed by atoms with E-state index in [4.69, 9.17) is 11.6 Å². The minimum atomic E-state index is -0.541. The van der Waals surface area contributed by atoms with Crippen molar-refractivity contribution in [2.45, 2.75) is 6.42 Å². The number of aromatic nitrogens is 1.